The molecule has 10 heteroatoms. The molecule has 0 bridgehead atoms. The van der Waals surface area contributed by atoms with Gasteiger partial charge in [-0.1, -0.05) is 36.4 Å². The molecule has 0 saturated heterocycles. The number of rotatable bonds is 5. The van der Waals surface area contributed by atoms with Gasteiger partial charge >= 0.3 is 12.1 Å². The minimum Gasteiger partial charge on any atom is -0.477 e. The molecule has 0 spiro atoms. The van der Waals surface area contributed by atoms with Crippen LogP contribution in [0.2, 0.25) is 0 Å². The number of sulfonamides is 1. The third-order valence-corrected chi connectivity index (χ3v) is 6.72. The molecule has 0 fully saturated rings. The molecule has 0 aliphatic carbocycles. The summed E-state index contributed by atoms with van der Waals surface area (Å²) in [6, 6.07) is 17.4. The number of fused-ring (bicyclic) bond motifs is 1. The van der Waals surface area contributed by atoms with E-state index < -0.39 is 27.7 Å². The highest BCUT2D eigenvalue weighted by molar-refractivity contribution is 7.92. The summed E-state index contributed by atoms with van der Waals surface area (Å²) in [6.45, 7) is 0. The Balaban J connectivity index is 1.96. The van der Waals surface area contributed by atoms with Crippen LogP contribution in [-0.4, -0.2) is 37.4 Å². The summed E-state index contributed by atoms with van der Waals surface area (Å²) in [5.41, 5.74) is 0.323. The van der Waals surface area contributed by atoms with E-state index in [1.807, 2.05) is 0 Å². The van der Waals surface area contributed by atoms with Crippen molar-refractivity contribution in [2.75, 3.05) is 17.6 Å². The van der Waals surface area contributed by atoms with E-state index in [9.17, 15) is 31.5 Å². The number of halogens is 3. The van der Waals surface area contributed by atoms with Crippen LogP contribution >= 0.6 is 0 Å². The number of alkyl halides is 3. The lowest BCUT2D eigenvalue weighted by Gasteiger charge is -2.18. The van der Waals surface area contributed by atoms with Crippen LogP contribution in [-0.2, 0) is 16.2 Å². The second-order valence-electron chi connectivity index (χ2n) is 7.74. The van der Waals surface area contributed by atoms with Gasteiger partial charge in [0.1, 0.15) is 5.69 Å². The summed E-state index contributed by atoms with van der Waals surface area (Å²) in [5, 5.41) is 10.3. The molecule has 1 aromatic heterocycles. The Kier molecular flexibility index (Phi) is 5.64. The van der Waals surface area contributed by atoms with Crippen LogP contribution in [0.5, 0.6) is 0 Å². The van der Waals surface area contributed by atoms with Gasteiger partial charge in [-0.15, -0.1) is 0 Å². The average Bonchev–Trinajstić information content (AvgIpc) is 3.16. The van der Waals surface area contributed by atoms with Crippen LogP contribution < -0.4 is 4.31 Å². The number of aromatic carboxylic acids is 1. The summed E-state index contributed by atoms with van der Waals surface area (Å²) >= 11 is 0. The first-order chi connectivity index (χ1) is 15.9. The number of anilines is 1. The largest absolute Gasteiger partial charge is 0.477 e. The molecule has 176 valence electrons. The van der Waals surface area contributed by atoms with Crippen LogP contribution in [0.15, 0.2) is 72.8 Å². The van der Waals surface area contributed by atoms with Crippen LogP contribution in [0.1, 0.15) is 16.1 Å². The second-order valence-corrected chi connectivity index (χ2v) is 9.75. The second kappa shape index (κ2) is 8.21. The molecule has 4 aromatic rings. The van der Waals surface area contributed by atoms with Crippen molar-refractivity contribution in [1.29, 1.82) is 0 Å². The number of carbonyl (C=O) groups is 1. The summed E-state index contributed by atoms with van der Waals surface area (Å²) in [5.74, 6) is -1.24. The van der Waals surface area contributed by atoms with Crippen molar-refractivity contribution in [2.24, 2.45) is 0 Å². The van der Waals surface area contributed by atoms with Gasteiger partial charge in [0.25, 0.3) is 0 Å². The van der Waals surface area contributed by atoms with Gasteiger partial charge in [-0.25, -0.2) is 13.2 Å². The van der Waals surface area contributed by atoms with Gasteiger partial charge in [0.05, 0.1) is 23.0 Å². The van der Waals surface area contributed by atoms with E-state index in [4.69, 9.17) is 0 Å². The molecule has 0 atom stereocenters. The van der Waals surface area contributed by atoms with Gasteiger partial charge < -0.3 is 9.67 Å². The summed E-state index contributed by atoms with van der Waals surface area (Å²) in [6.07, 6.45) is -3.52. The number of carboxylic acid groups (broad SMARTS) is 1. The van der Waals surface area contributed by atoms with Crippen molar-refractivity contribution in [3.63, 3.8) is 0 Å². The third kappa shape index (κ3) is 4.24. The zero-order valence-corrected chi connectivity index (χ0v) is 18.9. The maximum Gasteiger partial charge on any atom is 0.417 e. The number of hydrogen-bond donors (Lipinski definition) is 1. The molecule has 1 heterocycles. The monoisotopic (exact) mass is 488 g/mol. The van der Waals surface area contributed by atoms with Crippen molar-refractivity contribution >= 4 is 32.6 Å². The van der Waals surface area contributed by atoms with Crippen molar-refractivity contribution in [3.05, 3.63) is 84.1 Å². The molecule has 0 aliphatic rings. The highest BCUT2D eigenvalue weighted by Crippen LogP contribution is 2.38. The lowest BCUT2D eigenvalue weighted by atomic mass is 9.99. The highest BCUT2D eigenvalue weighted by Gasteiger charge is 2.33. The highest BCUT2D eigenvalue weighted by atomic mass is 32.2. The Hall–Kier alpha value is -3.79. The van der Waals surface area contributed by atoms with Crippen molar-refractivity contribution in [1.82, 2.24) is 4.57 Å². The maximum absolute atomic E-state index is 13.6. The van der Waals surface area contributed by atoms with Crippen LogP contribution in [0.3, 0.4) is 0 Å². The molecule has 34 heavy (non-hydrogen) atoms. The van der Waals surface area contributed by atoms with Crippen molar-refractivity contribution in [2.45, 2.75) is 6.18 Å². The molecule has 3 aromatic carbocycles. The predicted octanol–water partition coefficient (Wildman–Crippen LogP) is 5.41. The Bertz CT molecular complexity index is 1530. The molecule has 1 N–H and O–H groups in total. The average molecular weight is 488 g/mol. The topological polar surface area (TPSA) is 79.6 Å². The molecule has 0 saturated carbocycles. The normalized spacial score (nSPS) is 12.1. The number of carboxylic acids is 1. The Morgan fingerprint density at radius 3 is 2.32 bits per heavy atom. The molecule has 0 amide bonds. The molecular formula is C24H19F3N2O4S. The SMILES string of the molecule is CN(c1ccc2cc(C(=O)O)n(-c3cccc(-c4ccccc4C(F)(F)F)c3)c2c1)S(C)(=O)=O. The molecule has 6 nitrogen and oxygen atoms in total. The minimum absolute atomic E-state index is 0.0392. The predicted molar refractivity (Wildman–Crippen MR) is 124 cm³/mol. The van der Waals surface area contributed by atoms with Gasteiger partial charge in [0.2, 0.25) is 10.0 Å². The fourth-order valence-corrected chi connectivity index (χ4v) is 4.30. The van der Waals surface area contributed by atoms with E-state index in [1.165, 1.54) is 54.1 Å². The Morgan fingerprint density at radius 1 is 0.971 bits per heavy atom. The van der Waals surface area contributed by atoms with Crippen LogP contribution in [0, 0.1) is 0 Å². The van der Waals surface area contributed by atoms with Gasteiger partial charge in [0, 0.05) is 18.1 Å². The van der Waals surface area contributed by atoms with Crippen LogP contribution in [0.25, 0.3) is 27.7 Å². The fraction of sp³-hybridized carbons (Fsp3) is 0.125. The summed E-state index contributed by atoms with van der Waals surface area (Å²) in [7, 11) is -2.20. The van der Waals surface area contributed by atoms with Crippen molar-refractivity contribution < 1.29 is 31.5 Å². The number of benzene rings is 3. The zero-order chi connectivity index (χ0) is 24.8. The summed E-state index contributed by atoms with van der Waals surface area (Å²) < 4.78 is 67.1. The molecule has 0 aliphatic heterocycles. The van der Waals surface area contributed by atoms with Gasteiger partial charge in [-0.2, -0.15) is 13.2 Å². The third-order valence-electron chi connectivity index (χ3n) is 5.52. The molecule has 4 rings (SSSR count). The number of aromatic nitrogens is 1. The first kappa shape index (κ1) is 23.4. The minimum atomic E-state index is -4.57. The van der Waals surface area contributed by atoms with Crippen LogP contribution in [0.4, 0.5) is 18.9 Å². The fourth-order valence-electron chi connectivity index (χ4n) is 3.81. The number of nitrogens with zero attached hydrogens (tertiary/aromatic N) is 2. The molecular weight excluding hydrogens is 469 g/mol. The molecule has 0 radical (unpaired) electrons. The van der Waals surface area contributed by atoms with E-state index in [2.05, 4.69) is 0 Å². The lowest BCUT2D eigenvalue weighted by Crippen LogP contribution is -2.24. The smallest absolute Gasteiger partial charge is 0.417 e. The first-order valence-corrected chi connectivity index (χ1v) is 11.8. The Labute approximate surface area is 193 Å². The number of hydrogen-bond acceptors (Lipinski definition) is 3. The van der Waals surface area contributed by atoms with E-state index in [-0.39, 0.29) is 16.8 Å². The summed E-state index contributed by atoms with van der Waals surface area (Å²) in [4.78, 5) is 12.0. The zero-order valence-electron chi connectivity index (χ0n) is 18.0. The van der Waals surface area contributed by atoms with Gasteiger partial charge in [0.15, 0.2) is 0 Å². The van der Waals surface area contributed by atoms with E-state index in [0.717, 1.165) is 16.6 Å². The lowest BCUT2D eigenvalue weighted by molar-refractivity contribution is -0.137. The first-order valence-electron chi connectivity index (χ1n) is 9.97. The van der Waals surface area contributed by atoms with E-state index >= 15 is 0 Å². The maximum atomic E-state index is 13.6. The standard InChI is InChI=1S/C24H19F3N2O4S/c1-28(34(2,32)33)17-11-10-16-13-22(23(30)31)29(21(16)14-17)18-7-5-6-15(12-18)19-8-3-4-9-20(19)24(25,26)27/h3-14H,1-2H3,(H,30,31). The Morgan fingerprint density at radius 2 is 1.68 bits per heavy atom. The van der Waals surface area contributed by atoms with Gasteiger partial charge in [-0.05, 0) is 47.5 Å². The van der Waals surface area contributed by atoms with Gasteiger partial charge in [-0.3, -0.25) is 4.31 Å². The quantitative estimate of drug-likeness (QED) is 0.407. The van der Waals surface area contributed by atoms with E-state index in [0.29, 0.717) is 22.3 Å². The van der Waals surface area contributed by atoms with Crippen molar-refractivity contribution in [3.8, 4) is 16.8 Å². The molecule has 0 unspecified atom stereocenters. The van der Waals surface area contributed by atoms with E-state index in [1.54, 1.807) is 24.3 Å².